The maximum Gasteiger partial charge on any atom is 0.264 e. The minimum absolute atomic E-state index is 0.0566. The number of hydrogen-bond donors (Lipinski definition) is 1. The molecule has 1 saturated heterocycles. The van der Waals surface area contributed by atoms with Gasteiger partial charge in [-0.25, -0.2) is 16.8 Å². The van der Waals surface area contributed by atoms with Crippen molar-refractivity contribution in [2.75, 3.05) is 57.4 Å². The van der Waals surface area contributed by atoms with Crippen LogP contribution in [0.3, 0.4) is 0 Å². The van der Waals surface area contributed by atoms with E-state index in [9.17, 15) is 21.6 Å². The van der Waals surface area contributed by atoms with Crippen LogP contribution in [-0.4, -0.2) is 80.2 Å². The molecule has 0 aromatic heterocycles. The first-order chi connectivity index (χ1) is 19.6. The topological polar surface area (TPSA) is 132 Å². The highest BCUT2D eigenvalue weighted by atomic mass is 32.2. The number of hydrogen-bond acceptors (Lipinski definition) is 8. The Balaban J connectivity index is 1.37. The average molecular weight is 604 g/mol. The van der Waals surface area contributed by atoms with E-state index in [2.05, 4.69) is 5.32 Å². The number of amides is 1. The molecule has 11 nitrogen and oxygen atoms in total. The molecule has 0 unspecified atom stereocenters. The maximum atomic E-state index is 13.5. The Morgan fingerprint density at radius 1 is 0.927 bits per heavy atom. The second-order valence-electron chi connectivity index (χ2n) is 9.21. The average Bonchev–Trinajstić information content (AvgIpc) is 2.99. The van der Waals surface area contributed by atoms with Crippen LogP contribution in [0.25, 0.3) is 0 Å². The van der Waals surface area contributed by atoms with E-state index in [1.165, 1.54) is 35.7 Å². The quantitative estimate of drug-likeness (QED) is 0.313. The monoisotopic (exact) mass is 603 g/mol. The van der Waals surface area contributed by atoms with E-state index in [0.717, 1.165) is 9.87 Å². The molecule has 1 aliphatic rings. The summed E-state index contributed by atoms with van der Waals surface area (Å²) in [5, 5.41) is 2.68. The largest absolute Gasteiger partial charge is 0.497 e. The number of methoxy groups -OCH3 is 1. The normalized spacial score (nSPS) is 14.3. The smallest absolute Gasteiger partial charge is 0.264 e. The van der Waals surface area contributed by atoms with Crippen LogP contribution >= 0.6 is 0 Å². The number of aryl methyl sites for hydroxylation is 1. The number of morpholine rings is 1. The lowest BCUT2D eigenvalue weighted by Gasteiger charge is -2.26. The molecule has 0 spiro atoms. The van der Waals surface area contributed by atoms with E-state index < -0.39 is 32.5 Å². The summed E-state index contributed by atoms with van der Waals surface area (Å²) in [6.07, 6.45) is 0. The Morgan fingerprint density at radius 3 is 2.24 bits per heavy atom. The Hall–Kier alpha value is -3.65. The number of anilines is 1. The van der Waals surface area contributed by atoms with Crippen LogP contribution < -0.4 is 19.1 Å². The Bertz CT molecular complexity index is 1540. The zero-order valence-electron chi connectivity index (χ0n) is 22.9. The SMILES string of the molecule is COc1cccc(N(CC(=O)NCCOc2ccc(S(=O)(=O)N3CCOCC3)cc2)S(=O)(=O)c2ccc(C)cc2)c1. The van der Waals surface area contributed by atoms with Crippen LogP contribution in [0.4, 0.5) is 5.69 Å². The van der Waals surface area contributed by atoms with Crippen LogP contribution in [-0.2, 0) is 29.6 Å². The van der Waals surface area contributed by atoms with Crippen LogP contribution in [0.15, 0.2) is 82.6 Å². The molecule has 13 heteroatoms. The van der Waals surface area contributed by atoms with Crippen molar-refractivity contribution in [1.29, 1.82) is 0 Å². The molecule has 1 fully saturated rings. The lowest BCUT2D eigenvalue weighted by molar-refractivity contribution is -0.119. The van der Waals surface area contributed by atoms with E-state index in [1.54, 1.807) is 48.5 Å². The first-order valence-electron chi connectivity index (χ1n) is 12.9. The number of ether oxygens (including phenoxy) is 3. The van der Waals surface area contributed by atoms with Gasteiger partial charge in [-0.1, -0.05) is 23.8 Å². The van der Waals surface area contributed by atoms with Crippen molar-refractivity contribution in [2.45, 2.75) is 16.7 Å². The number of benzene rings is 3. The summed E-state index contributed by atoms with van der Waals surface area (Å²) in [6, 6.07) is 18.9. The lowest BCUT2D eigenvalue weighted by Crippen LogP contribution is -2.42. The van der Waals surface area contributed by atoms with E-state index in [0.29, 0.717) is 37.8 Å². The molecule has 1 N–H and O–H groups in total. The molecule has 0 saturated carbocycles. The molecule has 0 radical (unpaired) electrons. The predicted octanol–water partition coefficient (Wildman–Crippen LogP) is 2.42. The van der Waals surface area contributed by atoms with Crippen LogP contribution in [0.5, 0.6) is 11.5 Å². The number of sulfonamides is 2. The number of carbonyl (C=O) groups excluding carboxylic acids is 1. The van der Waals surface area contributed by atoms with Gasteiger partial charge >= 0.3 is 0 Å². The van der Waals surface area contributed by atoms with Crippen molar-refractivity contribution in [3.05, 3.63) is 78.4 Å². The Kier molecular flexibility index (Phi) is 9.86. The molecule has 4 rings (SSSR count). The van der Waals surface area contributed by atoms with Gasteiger partial charge in [-0.15, -0.1) is 0 Å². The summed E-state index contributed by atoms with van der Waals surface area (Å²) in [7, 11) is -6.20. The van der Waals surface area contributed by atoms with E-state index >= 15 is 0 Å². The highest BCUT2D eigenvalue weighted by Gasteiger charge is 2.28. The molecule has 0 bridgehead atoms. The zero-order valence-corrected chi connectivity index (χ0v) is 24.5. The third-order valence-corrected chi connectivity index (χ3v) is 10.1. The van der Waals surface area contributed by atoms with Crippen LogP contribution in [0.2, 0.25) is 0 Å². The first-order valence-corrected chi connectivity index (χ1v) is 15.8. The third-order valence-electron chi connectivity index (χ3n) is 6.36. The first kappa shape index (κ1) is 30.3. The van der Waals surface area contributed by atoms with E-state index in [-0.39, 0.29) is 28.6 Å². The van der Waals surface area contributed by atoms with E-state index in [4.69, 9.17) is 14.2 Å². The molecule has 0 aliphatic carbocycles. The molecule has 41 heavy (non-hydrogen) atoms. The van der Waals surface area contributed by atoms with Gasteiger partial charge in [0.05, 0.1) is 42.3 Å². The predicted molar refractivity (Wildman–Crippen MR) is 153 cm³/mol. The van der Waals surface area contributed by atoms with Gasteiger partial charge < -0.3 is 19.5 Å². The van der Waals surface area contributed by atoms with E-state index in [1.807, 2.05) is 6.92 Å². The Morgan fingerprint density at radius 2 is 1.59 bits per heavy atom. The second-order valence-corrected chi connectivity index (χ2v) is 13.0. The standard InChI is InChI=1S/C28H33N3O8S2/c1-22-6-10-27(11-7-22)41(35,36)31(23-4-3-5-25(20-23)37-2)21-28(32)29-14-17-39-24-8-12-26(13-9-24)40(33,34)30-15-18-38-19-16-30/h3-13,20H,14-19,21H2,1-2H3,(H,29,32). The molecule has 1 heterocycles. The number of carbonyl (C=O) groups is 1. The van der Waals surface area contributed by atoms with Gasteiger partial charge in [-0.3, -0.25) is 9.10 Å². The van der Waals surface area contributed by atoms with Crippen LogP contribution in [0.1, 0.15) is 5.56 Å². The van der Waals surface area contributed by atoms with Gasteiger partial charge in [-0.2, -0.15) is 4.31 Å². The summed E-state index contributed by atoms with van der Waals surface area (Å²) in [5.41, 5.74) is 1.19. The zero-order chi connectivity index (χ0) is 29.5. The lowest BCUT2D eigenvalue weighted by atomic mass is 10.2. The maximum absolute atomic E-state index is 13.5. The van der Waals surface area contributed by atoms with Gasteiger partial charge in [-0.05, 0) is 55.5 Å². The number of rotatable bonds is 12. The fourth-order valence-electron chi connectivity index (χ4n) is 4.11. The molecule has 220 valence electrons. The third kappa shape index (κ3) is 7.55. The van der Waals surface area contributed by atoms with Crippen molar-refractivity contribution < 1.29 is 35.8 Å². The summed E-state index contributed by atoms with van der Waals surface area (Å²) < 4.78 is 71.1. The van der Waals surface area contributed by atoms with Crippen molar-refractivity contribution >= 4 is 31.6 Å². The molecule has 3 aromatic carbocycles. The molecular formula is C28H33N3O8S2. The number of nitrogens with one attached hydrogen (secondary N) is 1. The summed E-state index contributed by atoms with van der Waals surface area (Å²) >= 11 is 0. The summed E-state index contributed by atoms with van der Waals surface area (Å²) in [6.45, 7) is 2.92. The summed E-state index contributed by atoms with van der Waals surface area (Å²) in [4.78, 5) is 13.1. The van der Waals surface area contributed by atoms with Gasteiger partial charge in [0.15, 0.2) is 0 Å². The van der Waals surface area contributed by atoms with Crippen molar-refractivity contribution in [1.82, 2.24) is 9.62 Å². The minimum atomic E-state index is -4.06. The molecule has 1 amide bonds. The summed E-state index contributed by atoms with van der Waals surface area (Å²) in [5.74, 6) is 0.350. The van der Waals surface area contributed by atoms with Gasteiger partial charge in [0.25, 0.3) is 10.0 Å². The fraction of sp³-hybridized carbons (Fsp3) is 0.321. The van der Waals surface area contributed by atoms with Gasteiger partial charge in [0.1, 0.15) is 24.7 Å². The molecule has 0 atom stereocenters. The van der Waals surface area contributed by atoms with Gasteiger partial charge in [0, 0.05) is 19.2 Å². The minimum Gasteiger partial charge on any atom is -0.497 e. The van der Waals surface area contributed by atoms with Crippen molar-refractivity contribution in [2.24, 2.45) is 0 Å². The molecule has 1 aliphatic heterocycles. The second kappa shape index (κ2) is 13.3. The molecular weight excluding hydrogens is 570 g/mol. The highest BCUT2D eigenvalue weighted by Crippen LogP contribution is 2.27. The van der Waals surface area contributed by atoms with Gasteiger partial charge in [0.2, 0.25) is 15.9 Å². The van der Waals surface area contributed by atoms with Crippen molar-refractivity contribution in [3.8, 4) is 11.5 Å². The highest BCUT2D eigenvalue weighted by molar-refractivity contribution is 7.92. The Labute approximate surface area is 240 Å². The van der Waals surface area contributed by atoms with Crippen LogP contribution in [0, 0.1) is 6.92 Å². The van der Waals surface area contributed by atoms with Crippen molar-refractivity contribution in [3.63, 3.8) is 0 Å². The molecule has 3 aromatic rings. The number of nitrogens with zero attached hydrogens (tertiary/aromatic N) is 2. The fourth-order valence-corrected chi connectivity index (χ4v) is 6.93.